The van der Waals surface area contributed by atoms with Crippen molar-refractivity contribution in [1.82, 2.24) is 9.47 Å². The fourth-order valence-corrected chi connectivity index (χ4v) is 5.49. The summed E-state index contributed by atoms with van der Waals surface area (Å²) in [5, 5.41) is 1.01. The Morgan fingerprint density at radius 3 is 2.29 bits per heavy atom. The number of nitrogens with zero attached hydrogens (tertiary/aromatic N) is 2. The second-order valence-corrected chi connectivity index (χ2v) is 9.70. The topological polar surface area (TPSA) is 42.3 Å². The molecule has 6 heteroatoms. The second kappa shape index (κ2) is 7.01. The van der Waals surface area contributed by atoms with Gasteiger partial charge in [0.15, 0.2) is 0 Å². The van der Waals surface area contributed by atoms with E-state index in [-0.39, 0.29) is 9.79 Å². The van der Waals surface area contributed by atoms with Crippen LogP contribution in [0.25, 0.3) is 10.9 Å². The Labute approximate surface area is 165 Å². The van der Waals surface area contributed by atoms with E-state index in [0.29, 0.717) is 6.04 Å². The highest BCUT2D eigenvalue weighted by Gasteiger charge is 2.24. The summed E-state index contributed by atoms with van der Waals surface area (Å²) in [6.07, 6.45) is 1.86. The van der Waals surface area contributed by atoms with Crippen molar-refractivity contribution in [2.45, 2.75) is 42.5 Å². The van der Waals surface area contributed by atoms with Crippen molar-refractivity contribution in [2.24, 2.45) is 7.05 Å². The van der Waals surface area contributed by atoms with Crippen LogP contribution in [0.2, 0.25) is 0 Å². The molecule has 0 radical (unpaired) electrons. The molecule has 148 valence electrons. The van der Waals surface area contributed by atoms with Crippen LogP contribution in [-0.4, -0.2) is 37.0 Å². The van der Waals surface area contributed by atoms with Gasteiger partial charge in [-0.1, -0.05) is 0 Å². The minimum Gasteiger partial charge on any atom is -0.347 e. The SMILES string of the molecule is CC(C)N1CCc2c(n(C)c3ccc(S(=O)(=O)c4ccc(F)cc4)cc23)CC1. The number of hydrogen-bond donors (Lipinski definition) is 0. The zero-order valence-electron chi connectivity index (χ0n) is 16.4. The standard InChI is InChI=1S/C22H25FN2O2S/c1-15(2)25-12-10-19-20-14-18(8-9-21(20)24(3)22(19)11-13-25)28(26,27)17-6-4-16(23)5-7-17/h4-9,14-15H,10-13H2,1-3H3. The summed E-state index contributed by atoms with van der Waals surface area (Å²) >= 11 is 0. The predicted molar refractivity (Wildman–Crippen MR) is 109 cm³/mol. The lowest BCUT2D eigenvalue weighted by molar-refractivity contribution is 0.232. The van der Waals surface area contributed by atoms with Gasteiger partial charge in [-0.05, 0) is 68.3 Å². The van der Waals surface area contributed by atoms with E-state index in [9.17, 15) is 12.8 Å². The van der Waals surface area contributed by atoms with E-state index < -0.39 is 15.7 Å². The maximum atomic E-state index is 13.2. The van der Waals surface area contributed by atoms with Gasteiger partial charge in [-0.15, -0.1) is 0 Å². The molecule has 4 rings (SSSR count). The number of aromatic nitrogens is 1. The molecule has 0 atom stereocenters. The van der Waals surface area contributed by atoms with Gasteiger partial charge in [-0.25, -0.2) is 12.8 Å². The van der Waals surface area contributed by atoms with E-state index in [4.69, 9.17) is 0 Å². The van der Waals surface area contributed by atoms with Crippen LogP contribution in [0, 0.1) is 5.82 Å². The maximum absolute atomic E-state index is 13.2. The monoisotopic (exact) mass is 400 g/mol. The Bertz CT molecular complexity index is 1130. The van der Waals surface area contributed by atoms with Crippen molar-refractivity contribution in [2.75, 3.05) is 13.1 Å². The normalized spacial score (nSPS) is 15.8. The molecule has 4 nitrogen and oxygen atoms in total. The molecule has 0 fully saturated rings. The summed E-state index contributed by atoms with van der Waals surface area (Å²) < 4.78 is 41.5. The van der Waals surface area contributed by atoms with Crippen LogP contribution in [0.4, 0.5) is 4.39 Å². The van der Waals surface area contributed by atoms with Crippen molar-refractivity contribution in [3.8, 4) is 0 Å². The van der Waals surface area contributed by atoms with Gasteiger partial charge in [0.1, 0.15) is 5.82 Å². The van der Waals surface area contributed by atoms with Crippen molar-refractivity contribution in [3.63, 3.8) is 0 Å². The zero-order valence-corrected chi connectivity index (χ0v) is 17.3. The van der Waals surface area contributed by atoms with Gasteiger partial charge in [0, 0.05) is 49.2 Å². The molecule has 0 unspecified atom stereocenters. The fourth-order valence-electron chi connectivity index (χ4n) is 4.20. The Morgan fingerprint density at radius 1 is 0.964 bits per heavy atom. The molecule has 2 heterocycles. The number of hydrogen-bond acceptors (Lipinski definition) is 3. The third-order valence-electron chi connectivity index (χ3n) is 5.86. The summed E-state index contributed by atoms with van der Waals surface area (Å²) in [5.74, 6) is -0.447. The minimum absolute atomic E-state index is 0.112. The molecule has 1 aromatic heterocycles. The predicted octanol–water partition coefficient (Wildman–Crippen LogP) is 3.96. The van der Waals surface area contributed by atoms with Gasteiger partial charge in [0.2, 0.25) is 9.84 Å². The van der Waals surface area contributed by atoms with E-state index in [1.165, 1.54) is 35.5 Å². The third-order valence-corrected chi connectivity index (χ3v) is 7.62. The number of halogens is 1. The number of fused-ring (bicyclic) bond motifs is 3. The molecular weight excluding hydrogens is 375 g/mol. The third kappa shape index (κ3) is 3.14. The summed E-state index contributed by atoms with van der Waals surface area (Å²) in [6.45, 7) is 6.40. The van der Waals surface area contributed by atoms with E-state index >= 15 is 0 Å². The molecule has 0 spiro atoms. The first-order chi connectivity index (χ1) is 13.3. The summed E-state index contributed by atoms with van der Waals surface area (Å²) in [5.41, 5.74) is 3.59. The van der Waals surface area contributed by atoms with Gasteiger partial charge >= 0.3 is 0 Å². The molecule has 3 aromatic rings. The lowest BCUT2D eigenvalue weighted by atomic mass is 10.1. The summed E-state index contributed by atoms with van der Waals surface area (Å²) in [4.78, 5) is 2.83. The van der Waals surface area contributed by atoms with Crippen LogP contribution in [0.1, 0.15) is 25.1 Å². The van der Waals surface area contributed by atoms with Crippen LogP contribution >= 0.6 is 0 Å². The highest BCUT2D eigenvalue weighted by atomic mass is 32.2. The highest BCUT2D eigenvalue weighted by molar-refractivity contribution is 7.91. The Morgan fingerprint density at radius 2 is 1.61 bits per heavy atom. The first-order valence-corrected chi connectivity index (χ1v) is 11.1. The number of rotatable bonds is 3. The summed E-state index contributed by atoms with van der Waals surface area (Å²) in [6, 6.07) is 10.8. The minimum atomic E-state index is -3.68. The van der Waals surface area contributed by atoms with E-state index in [2.05, 4.69) is 30.4 Å². The molecule has 1 aliphatic rings. The second-order valence-electron chi connectivity index (χ2n) is 7.75. The molecule has 2 aromatic carbocycles. The van der Waals surface area contributed by atoms with E-state index in [1.54, 1.807) is 12.1 Å². The molecule has 0 saturated heterocycles. The summed E-state index contributed by atoms with van der Waals surface area (Å²) in [7, 11) is -1.63. The fraction of sp³-hybridized carbons (Fsp3) is 0.364. The van der Waals surface area contributed by atoms with Crippen LogP contribution in [0.5, 0.6) is 0 Å². The van der Waals surface area contributed by atoms with Gasteiger partial charge in [0.05, 0.1) is 9.79 Å². The Kier molecular flexibility index (Phi) is 4.79. The van der Waals surface area contributed by atoms with E-state index in [1.807, 2.05) is 6.07 Å². The Balaban J connectivity index is 1.81. The van der Waals surface area contributed by atoms with Gasteiger partial charge in [-0.2, -0.15) is 0 Å². The van der Waals surface area contributed by atoms with Gasteiger partial charge < -0.3 is 9.47 Å². The molecule has 0 aliphatic carbocycles. The molecule has 28 heavy (non-hydrogen) atoms. The average Bonchev–Trinajstić information content (AvgIpc) is 2.82. The molecule has 0 bridgehead atoms. The molecule has 0 amide bonds. The van der Waals surface area contributed by atoms with Crippen LogP contribution in [0.15, 0.2) is 52.3 Å². The van der Waals surface area contributed by atoms with Gasteiger partial charge in [-0.3, -0.25) is 0 Å². The van der Waals surface area contributed by atoms with Crippen LogP contribution < -0.4 is 0 Å². The first kappa shape index (κ1) is 19.2. The Hall–Kier alpha value is -2.18. The zero-order chi connectivity index (χ0) is 20.1. The van der Waals surface area contributed by atoms with Crippen LogP contribution in [-0.2, 0) is 29.7 Å². The lowest BCUT2D eigenvalue weighted by Crippen LogP contribution is -2.33. The van der Waals surface area contributed by atoms with Crippen molar-refractivity contribution < 1.29 is 12.8 Å². The molecule has 1 aliphatic heterocycles. The maximum Gasteiger partial charge on any atom is 0.206 e. The number of sulfone groups is 1. The first-order valence-electron chi connectivity index (χ1n) is 9.64. The number of benzene rings is 2. The largest absolute Gasteiger partial charge is 0.347 e. The highest BCUT2D eigenvalue weighted by Crippen LogP contribution is 2.32. The van der Waals surface area contributed by atoms with Crippen molar-refractivity contribution in [1.29, 1.82) is 0 Å². The van der Waals surface area contributed by atoms with Crippen molar-refractivity contribution >= 4 is 20.7 Å². The smallest absolute Gasteiger partial charge is 0.206 e. The van der Waals surface area contributed by atoms with Crippen molar-refractivity contribution in [3.05, 3.63) is 59.5 Å². The molecule has 0 N–H and O–H groups in total. The van der Waals surface area contributed by atoms with Crippen LogP contribution in [0.3, 0.4) is 0 Å². The number of aryl methyl sites for hydroxylation is 1. The molecule has 0 saturated carbocycles. The average molecular weight is 401 g/mol. The van der Waals surface area contributed by atoms with Gasteiger partial charge in [0.25, 0.3) is 0 Å². The lowest BCUT2D eigenvalue weighted by Gasteiger charge is -2.24. The van der Waals surface area contributed by atoms with E-state index in [0.717, 1.165) is 36.8 Å². The molecular formula is C22H25FN2O2S. The quantitative estimate of drug-likeness (QED) is 0.625.